The maximum absolute atomic E-state index is 14.8. The first kappa shape index (κ1) is 18.3. The highest BCUT2D eigenvalue weighted by Gasteiger charge is 2.37. The van der Waals surface area contributed by atoms with E-state index in [2.05, 4.69) is 17.1 Å². The second-order valence-corrected chi connectivity index (χ2v) is 8.48. The van der Waals surface area contributed by atoms with Gasteiger partial charge in [-0.3, -0.25) is 0 Å². The molecule has 1 fully saturated rings. The number of hydrogen-bond donors (Lipinski definition) is 3. The summed E-state index contributed by atoms with van der Waals surface area (Å²) in [7, 11) is 2.17. The van der Waals surface area contributed by atoms with Crippen LogP contribution in [0, 0.1) is 5.82 Å². The molecule has 5 rings (SSSR count). The number of quaternary nitrogens is 2. The molecule has 29 heavy (non-hydrogen) atoms. The first-order valence-electron chi connectivity index (χ1n) is 9.64. The first-order valence-corrected chi connectivity index (χ1v) is 10.5. The number of thiazole rings is 1. The number of fused-ring (bicyclic) bond motifs is 1. The van der Waals surface area contributed by atoms with Gasteiger partial charge in [0.2, 0.25) is 16.7 Å². The minimum Gasteiger partial charge on any atom is -0.492 e. The summed E-state index contributed by atoms with van der Waals surface area (Å²) in [6.45, 7) is 3.81. The lowest BCUT2D eigenvalue weighted by atomic mass is 10.0. The Balaban J connectivity index is 1.60. The van der Waals surface area contributed by atoms with Gasteiger partial charge in [-0.15, -0.1) is 5.10 Å². The standard InChI is InChI=1S/C20H20FN5O2S/c1-24-8-10-25(11-9-24)16(13-5-2-3-6-14(13)21)17-19(27)26-20(29-17)22-18(23-26)15-7-4-12-28-15/h2-7,12,16,27H,8-11H2,1H3/p+2/t16-/m0/s1. The number of likely N-dealkylation sites (N-methyl/N-ethyl adjacent to an activating group) is 1. The largest absolute Gasteiger partial charge is 0.492 e. The summed E-state index contributed by atoms with van der Waals surface area (Å²) in [6.07, 6.45) is 1.56. The third-order valence-electron chi connectivity index (χ3n) is 5.57. The molecule has 4 heterocycles. The van der Waals surface area contributed by atoms with Gasteiger partial charge in [-0.2, -0.15) is 9.50 Å². The molecule has 150 valence electrons. The molecule has 1 atom stereocenters. The molecule has 4 aromatic rings. The highest BCUT2D eigenvalue weighted by Crippen LogP contribution is 2.36. The van der Waals surface area contributed by atoms with Gasteiger partial charge in [-0.1, -0.05) is 23.5 Å². The lowest BCUT2D eigenvalue weighted by Crippen LogP contribution is -3.27. The van der Waals surface area contributed by atoms with Crippen LogP contribution in [0.15, 0.2) is 47.1 Å². The van der Waals surface area contributed by atoms with Crippen molar-refractivity contribution < 1.29 is 23.7 Å². The zero-order valence-electron chi connectivity index (χ0n) is 15.9. The van der Waals surface area contributed by atoms with Crippen LogP contribution in [0.3, 0.4) is 0 Å². The average molecular weight is 415 g/mol. The van der Waals surface area contributed by atoms with Crippen LogP contribution in [-0.4, -0.2) is 52.9 Å². The van der Waals surface area contributed by atoms with Crippen LogP contribution >= 0.6 is 11.3 Å². The van der Waals surface area contributed by atoms with E-state index in [4.69, 9.17) is 4.42 Å². The van der Waals surface area contributed by atoms with E-state index in [1.165, 1.54) is 31.7 Å². The first-order chi connectivity index (χ1) is 14.1. The molecule has 9 heteroatoms. The number of piperazine rings is 1. The van der Waals surface area contributed by atoms with E-state index < -0.39 is 0 Å². The van der Waals surface area contributed by atoms with Gasteiger partial charge in [0.05, 0.1) is 18.9 Å². The normalized spacial score (nSPS) is 20.9. The van der Waals surface area contributed by atoms with Crippen LogP contribution in [0.25, 0.3) is 16.5 Å². The molecule has 0 amide bonds. The zero-order chi connectivity index (χ0) is 20.0. The molecule has 0 unspecified atom stereocenters. The van der Waals surface area contributed by atoms with Gasteiger partial charge < -0.3 is 19.3 Å². The number of nitrogens with one attached hydrogen (secondary N) is 2. The lowest BCUT2D eigenvalue weighted by Gasteiger charge is -2.33. The number of halogens is 1. The van der Waals surface area contributed by atoms with Crippen LogP contribution in [0.4, 0.5) is 4.39 Å². The lowest BCUT2D eigenvalue weighted by molar-refractivity contribution is -1.02. The summed E-state index contributed by atoms with van der Waals surface area (Å²) in [5.41, 5.74) is 0.591. The topological polar surface area (TPSA) is 72.4 Å². The fourth-order valence-corrected chi connectivity index (χ4v) is 5.12. The molecule has 1 aliphatic rings. The van der Waals surface area contributed by atoms with Gasteiger partial charge in [0.25, 0.3) is 0 Å². The van der Waals surface area contributed by atoms with Crippen molar-refractivity contribution in [2.45, 2.75) is 6.04 Å². The maximum Gasteiger partial charge on any atom is 0.235 e. The predicted octanol–water partition coefficient (Wildman–Crippen LogP) is 0.398. The Morgan fingerprint density at radius 3 is 2.66 bits per heavy atom. The van der Waals surface area contributed by atoms with Gasteiger partial charge in [0, 0.05) is 0 Å². The number of aromatic hydroxyl groups is 1. The highest BCUT2D eigenvalue weighted by molar-refractivity contribution is 7.17. The summed E-state index contributed by atoms with van der Waals surface area (Å²) in [5.74, 6) is 0.717. The third kappa shape index (κ3) is 3.21. The number of furan rings is 1. The number of rotatable bonds is 4. The number of nitrogens with zero attached hydrogens (tertiary/aromatic N) is 3. The molecule has 3 aromatic heterocycles. The van der Waals surface area contributed by atoms with Gasteiger partial charge in [-0.05, 0) is 24.3 Å². The van der Waals surface area contributed by atoms with E-state index in [0.29, 0.717) is 27.0 Å². The van der Waals surface area contributed by atoms with E-state index in [9.17, 15) is 9.50 Å². The molecule has 0 saturated carbocycles. The van der Waals surface area contributed by atoms with Gasteiger partial charge in [0.15, 0.2) is 11.8 Å². The molecule has 1 aliphatic heterocycles. The molecule has 1 aromatic carbocycles. The summed E-state index contributed by atoms with van der Waals surface area (Å²) >= 11 is 1.35. The molecule has 0 spiro atoms. The summed E-state index contributed by atoms with van der Waals surface area (Å²) < 4.78 is 21.6. The smallest absolute Gasteiger partial charge is 0.235 e. The molecule has 0 bridgehead atoms. The van der Waals surface area contributed by atoms with Crippen LogP contribution in [0.5, 0.6) is 5.88 Å². The molecule has 0 aliphatic carbocycles. The van der Waals surface area contributed by atoms with Crippen molar-refractivity contribution in [1.29, 1.82) is 0 Å². The van der Waals surface area contributed by atoms with Crippen LogP contribution in [0.2, 0.25) is 0 Å². The van der Waals surface area contributed by atoms with Crippen molar-refractivity contribution in [2.75, 3.05) is 33.2 Å². The molecule has 0 radical (unpaired) electrons. The zero-order valence-corrected chi connectivity index (χ0v) is 16.7. The van der Waals surface area contributed by atoms with Crippen molar-refractivity contribution in [1.82, 2.24) is 14.6 Å². The second-order valence-electron chi connectivity index (χ2n) is 7.47. The third-order valence-corrected chi connectivity index (χ3v) is 6.66. The van der Waals surface area contributed by atoms with Gasteiger partial charge in [-0.25, -0.2) is 4.39 Å². The van der Waals surface area contributed by atoms with E-state index in [0.717, 1.165) is 26.2 Å². The Kier molecular flexibility index (Phi) is 4.57. The second kappa shape index (κ2) is 7.25. The van der Waals surface area contributed by atoms with Gasteiger partial charge in [0.1, 0.15) is 36.9 Å². The van der Waals surface area contributed by atoms with Crippen LogP contribution < -0.4 is 9.80 Å². The number of aromatic nitrogens is 3. The Bertz CT molecular complexity index is 1130. The van der Waals surface area contributed by atoms with Crippen molar-refractivity contribution in [3.05, 3.63) is 58.9 Å². The number of hydrogen-bond acceptors (Lipinski definition) is 5. The SMILES string of the molecule is C[NH+]1CC[NH+]([C@@H](c2ccccc2F)c2sc3nc(-c4ccco4)nn3c2O)CC1. The summed E-state index contributed by atoms with van der Waals surface area (Å²) in [4.78, 5) is 8.46. The van der Waals surface area contributed by atoms with Crippen LogP contribution in [0.1, 0.15) is 16.5 Å². The van der Waals surface area contributed by atoms with E-state index in [1.807, 2.05) is 12.1 Å². The monoisotopic (exact) mass is 415 g/mol. The summed E-state index contributed by atoms with van der Waals surface area (Å²) in [6, 6.07) is 10.1. The predicted molar refractivity (Wildman–Crippen MR) is 106 cm³/mol. The summed E-state index contributed by atoms with van der Waals surface area (Å²) in [5, 5.41) is 15.4. The quantitative estimate of drug-likeness (QED) is 0.451. The fourth-order valence-electron chi connectivity index (χ4n) is 3.99. The van der Waals surface area contributed by atoms with E-state index >= 15 is 0 Å². The minimum absolute atomic E-state index is 0.0161. The highest BCUT2D eigenvalue weighted by atomic mass is 32.1. The maximum atomic E-state index is 14.8. The molecular formula is C20H22FN5O2S+2. The molecule has 7 nitrogen and oxygen atoms in total. The van der Waals surface area contributed by atoms with Crippen molar-refractivity contribution in [2.24, 2.45) is 0 Å². The Labute approximate surface area is 170 Å². The Morgan fingerprint density at radius 1 is 1.17 bits per heavy atom. The minimum atomic E-state index is -0.301. The molecular weight excluding hydrogens is 393 g/mol. The Hall–Kier alpha value is -2.75. The van der Waals surface area contributed by atoms with Crippen LogP contribution in [-0.2, 0) is 0 Å². The Morgan fingerprint density at radius 2 is 1.97 bits per heavy atom. The molecule has 1 saturated heterocycles. The van der Waals surface area contributed by atoms with Gasteiger partial charge >= 0.3 is 0 Å². The van der Waals surface area contributed by atoms with E-state index in [-0.39, 0.29) is 17.7 Å². The van der Waals surface area contributed by atoms with Crippen molar-refractivity contribution in [3.63, 3.8) is 0 Å². The van der Waals surface area contributed by atoms with E-state index in [1.54, 1.807) is 24.5 Å². The molecule has 3 N–H and O–H groups in total. The van der Waals surface area contributed by atoms with Crippen molar-refractivity contribution >= 4 is 16.3 Å². The average Bonchev–Trinajstić information content (AvgIpc) is 3.44. The fraction of sp³-hybridized carbons (Fsp3) is 0.300. The number of benzene rings is 1. The van der Waals surface area contributed by atoms with Crippen molar-refractivity contribution in [3.8, 4) is 17.5 Å².